The molecule has 1 N–H and O–H groups in total. The van der Waals surface area contributed by atoms with Crippen molar-refractivity contribution in [2.75, 3.05) is 14.2 Å². The third-order valence-corrected chi connectivity index (χ3v) is 6.20. The molecule has 1 heterocycles. The maximum Gasteiger partial charge on any atom is 0.255 e. The first kappa shape index (κ1) is 19.7. The summed E-state index contributed by atoms with van der Waals surface area (Å²) in [5.41, 5.74) is 2.82. The zero-order valence-electron chi connectivity index (χ0n) is 17.9. The van der Waals surface area contributed by atoms with E-state index in [-0.39, 0.29) is 11.9 Å². The Bertz CT molecular complexity index is 1070. The molecule has 2 aliphatic rings. The molecular formula is C25H27N3O3. The molecule has 2 saturated carbocycles. The molecule has 0 saturated heterocycles. The minimum Gasteiger partial charge on any atom is -0.497 e. The molecule has 6 nitrogen and oxygen atoms in total. The summed E-state index contributed by atoms with van der Waals surface area (Å²) in [6.45, 7) is 0. The number of nitrogens with zero attached hydrogens (tertiary/aromatic N) is 2. The number of hydrogen-bond acceptors (Lipinski definition) is 4. The third-order valence-electron chi connectivity index (χ3n) is 6.20. The van der Waals surface area contributed by atoms with E-state index in [4.69, 9.17) is 14.6 Å². The Morgan fingerprint density at radius 1 is 1.03 bits per heavy atom. The number of hydrogen-bond donors (Lipinski definition) is 1. The van der Waals surface area contributed by atoms with Crippen molar-refractivity contribution in [2.45, 2.75) is 31.7 Å². The molecule has 2 aliphatic carbocycles. The molecule has 0 bridgehead atoms. The van der Waals surface area contributed by atoms with Gasteiger partial charge in [0.15, 0.2) is 0 Å². The quantitative estimate of drug-likeness (QED) is 0.587. The van der Waals surface area contributed by atoms with Crippen LogP contribution in [0.2, 0.25) is 0 Å². The fourth-order valence-electron chi connectivity index (χ4n) is 4.21. The van der Waals surface area contributed by atoms with Crippen LogP contribution in [0.15, 0.2) is 54.7 Å². The van der Waals surface area contributed by atoms with Crippen LogP contribution in [-0.2, 0) is 0 Å². The fourth-order valence-corrected chi connectivity index (χ4v) is 4.21. The van der Waals surface area contributed by atoms with E-state index in [1.54, 1.807) is 18.9 Å². The average molecular weight is 418 g/mol. The van der Waals surface area contributed by atoms with Gasteiger partial charge in [-0.1, -0.05) is 18.2 Å². The normalized spacial score (nSPS) is 15.7. The molecule has 160 valence electrons. The van der Waals surface area contributed by atoms with Gasteiger partial charge in [0.25, 0.3) is 5.91 Å². The van der Waals surface area contributed by atoms with Crippen LogP contribution in [0.1, 0.15) is 36.0 Å². The van der Waals surface area contributed by atoms with Crippen molar-refractivity contribution in [1.82, 2.24) is 15.1 Å². The lowest BCUT2D eigenvalue weighted by Gasteiger charge is -2.17. The Hall–Kier alpha value is -3.28. The molecule has 31 heavy (non-hydrogen) atoms. The van der Waals surface area contributed by atoms with Crippen LogP contribution in [-0.4, -0.2) is 35.9 Å². The maximum atomic E-state index is 13.5. The second kappa shape index (κ2) is 8.10. The summed E-state index contributed by atoms with van der Waals surface area (Å²) in [6.07, 6.45) is 6.67. The van der Waals surface area contributed by atoms with Gasteiger partial charge in [0.05, 0.1) is 25.5 Å². The molecular weight excluding hydrogens is 390 g/mol. The molecule has 0 atom stereocenters. The zero-order valence-corrected chi connectivity index (χ0v) is 17.9. The highest BCUT2D eigenvalue weighted by Crippen LogP contribution is 2.45. The van der Waals surface area contributed by atoms with Crippen molar-refractivity contribution in [3.63, 3.8) is 0 Å². The summed E-state index contributed by atoms with van der Waals surface area (Å²) in [5, 5.41) is 8.13. The van der Waals surface area contributed by atoms with E-state index in [0.717, 1.165) is 11.3 Å². The van der Waals surface area contributed by atoms with Crippen LogP contribution in [0.25, 0.3) is 16.9 Å². The van der Waals surface area contributed by atoms with Crippen LogP contribution in [0.3, 0.4) is 0 Å². The van der Waals surface area contributed by atoms with Gasteiger partial charge >= 0.3 is 0 Å². The van der Waals surface area contributed by atoms with Crippen molar-refractivity contribution in [1.29, 1.82) is 0 Å². The second-order valence-electron chi connectivity index (χ2n) is 8.41. The topological polar surface area (TPSA) is 65.4 Å². The van der Waals surface area contributed by atoms with Crippen molar-refractivity contribution >= 4 is 5.91 Å². The first-order chi connectivity index (χ1) is 15.2. The van der Waals surface area contributed by atoms with Crippen LogP contribution >= 0.6 is 0 Å². The third kappa shape index (κ3) is 4.02. The number of carbonyl (C=O) groups is 1. The smallest absolute Gasteiger partial charge is 0.255 e. The van der Waals surface area contributed by atoms with E-state index in [0.29, 0.717) is 34.6 Å². The number of aromatic nitrogens is 2. The van der Waals surface area contributed by atoms with Gasteiger partial charge in [-0.2, -0.15) is 5.10 Å². The Morgan fingerprint density at radius 2 is 1.74 bits per heavy atom. The zero-order chi connectivity index (χ0) is 21.4. The highest BCUT2D eigenvalue weighted by atomic mass is 16.5. The molecule has 5 rings (SSSR count). The second-order valence-corrected chi connectivity index (χ2v) is 8.41. The average Bonchev–Trinajstić information content (AvgIpc) is 3.75. The summed E-state index contributed by atoms with van der Waals surface area (Å²) in [5.74, 6) is 2.49. The van der Waals surface area contributed by atoms with Crippen molar-refractivity contribution < 1.29 is 14.3 Å². The monoisotopic (exact) mass is 417 g/mol. The number of nitrogens with one attached hydrogen (secondary N) is 1. The van der Waals surface area contributed by atoms with E-state index in [1.165, 1.54) is 25.7 Å². The molecule has 3 aromatic rings. The van der Waals surface area contributed by atoms with Gasteiger partial charge in [0.1, 0.15) is 17.2 Å². The van der Waals surface area contributed by atoms with E-state index < -0.39 is 0 Å². The number of rotatable bonds is 8. The van der Waals surface area contributed by atoms with E-state index in [2.05, 4.69) is 5.32 Å². The van der Waals surface area contributed by atoms with E-state index in [1.807, 2.05) is 54.7 Å². The number of methoxy groups -OCH3 is 2. The maximum absolute atomic E-state index is 13.5. The van der Waals surface area contributed by atoms with Gasteiger partial charge in [-0.05, 0) is 61.8 Å². The first-order valence-corrected chi connectivity index (χ1v) is 10.9. The number of amides is 1. The molecule has 0 spiro atoms. The number of para-hydroxylation sites is 1. The first-order valence-electron chi connectivity index (χ1n) is 10.9. The standard InChI is InChI=1S/C25H27N3O3/c1-30-19-12-13-20(22(14-19)31-2)24-21(15-28(27-24)18-6-4-3-5-7-18)25(29)26-23(16-8-9-16)17-10-11-17/h3-7,12-17,23H,8-11H2,1-2H3,(H,26,29). The van der Waals surface area contributed by atoms with Gasteiger partial charge in [0.2, 0.25) is 0 Å². The molecule has 0 radical (unpaired) electrons. The van der Waals surface area contributed by atoms with Crippen molar-refractivity contribution in [3.8, 4) is 28.4 Å². The van der Waals surface area contributed by atoms with Gasteiger partial charge in [0, 0.05) is 23.9 Å². The van der Waals surface area contributed by atoms with Crippen LogP contribution < -0.4 is 14.8 Å². The Labute approximate surface area is 182 Å². The van der Waals surface area contributed by atoms with Crippen molar-refractivity contribution in [3.05, 3.63) is 60.3 Å². The summed E-state index contributed by atoms with van der Waals surface area (Å²) in [7, 11) is 3.23. The molecule has 0 unspecified atom stereocenters. The predicted octanol–water partition coefficient (Wildman–Crippen LogP) is 4.47. The van der Waals surface area contributed by atoms with Gasteiger partial charge in [-0.15, -0.1) is 0 Å². The number of ether oxygens (including phenoxy) is 2. The van der Waals surface area contributed by atoms with Crippen LogP contribution in [0.5, 0.6) is 11.5 Å². The molecule has 1 amide bonds. The Morgan fingerprint density at radius 3 is 2.35 bits per heavy atom. The summed E-state index contributed by atoms with van der Waals surface area (Å²) in [4.78, 5) is 13.5. The van der Waals surface area contributed by atoms with Crippen LogP contribution in [0, 0.1) is 11.8 Å². The molecule has 6 heteroatoms. The van der Waals surface area contributed by atoms with Crippen LogP contribution in [0.4, 0.5) is 0 Å². The SMILES string of the molecule is COc1ccc(-c2nn(-c3ccccc3)cc2C(=O)NC(C2CC2)C2CC2)c(OC)c1. The lowest BCUT2D eigenvalue weighted by Crippen LogP contribution is -2.38. The Kier molecular flexibility index (Phi) is 5.14. The largest absolute Gasteiger partial charge is 0.497 e. The van der Waals surface area contributed by atoms with E-state index in [9.17, 15) is 4.79 Å². The molecule has 1 aromatic heterocycles. The lowest BCUT2D eigenvalue weighted by atomic mass is 10.0. The van der Waals surface area contributed by atoms with Gasteiger partial charge in [-0.25, -0.2) is 4.68 Å². The number of carbonyl (C=O) groups excluding carboxylic acids is 1. The molecule has 2 aromatic carbocycles. The van der Waals surface area contributed by atoms with Gasteiger partial charge in [-0.3, -0.25) is 4.79 Å². The lowest BCUT2D eigenvalue weighted by molar-refractivity contribution is 0.0927. The van der Waals surface area contributed by atoms with E-state index >= 15 is 0 Å². The summed E-state index contributed by atoms with van der Waals surface area (Å²) >= 11 is 0. The fraction of sp³-hybridized carbons (Fsp3) is 0.360. The summed E-state index contributed by atoms with van der Waals surface area (Å²) < 4.78 is 12.7. The highest BCUT2D eigenvalue weighted by Gasteiger charge is 2.42. The molecule has 0 aliphatic heterocycles. The summed E-state index contributed by atoms with van der Waals surface area (Å²) in [6, 6.07) is 15.7. The highest BCUT2D eigenvalue weighted by molar-refractivity contribution is 6.00. The minimum atomic E-state index is -0.0705. The predicted molar refractivity (Wildman–Crippen MR) is 119 cm³/mol. The molecule has 2 fully saturated rings. The van der Waals surface area contributed by atoms with Crippen molar-refractivity contribution in [2.24, 2.45) is 11.8 Å². The minimum absolute atomic E-state index is 0.0705. The Balaban J connectivity index is 1.56. The number of benzene rings is 2. The van der Waals surface area contributed by atoms with Gasteiger partial charge < -0.3 is 14.8 Å².